The van der Waals surface area contributed by atoms with Gasteiger partial charge in [-0.2, -0.15) is 0 Å². The van der Waals surface area contributed by atoms with Crippen LogP contribution in [0.15, 0.2) is 11.4 Å². The van der Waals surface area contributed by atoms with Gasteiger partial charge in [0.25, 0.3) is 0 Å². The van der Waals surface area contributed by atoms with Crippen LogP contribution in [-0.2, 0) is 17.8 Å². The maximum absolute atomic E-state index is 11.7. The smallest absolute Gasteiger partial charge is 0.226 e. The third kappa shape index (κ3) is 3.30. The topological polar surface area (TPSA) is 68.0 Å². The van der Waals surface area contributed by atoms with Crippen LogP contribution in [0, 0.1) is 13.8 Å². The highest BCUT2D eigenvalue weighted by atomic mass is 32.1. The minimum absolute atomic E-state index is 0.0241. The summed E-state index contributed by atoms with van der Waals surface area (Å²) < 4.78 is 0. The molecule has 0 aliphatic heterocycles. The van der Waals surface area contributed by atoms with E-state index < -0.39 is 0 Å². The van der Waals surface area contributed by atoms with Crippen molar-refractivity contribution in [3.05, 3.63) is 32.5 Å². The van der Waals surface area contributed by atoms with Crippen LogP contribution in [0.25, 0.3) is 0 Å². The second kappa shape index (κ2) is 5.49. The number of nitrogens with two attached hydrogens (primary N) is 1. The Bertz CT molecular complexity index is 540. The molecule has 0 aromatic carbocycles. The first-order valence-electron chi connectivity index (χ1n) is 5.57. The van der Waals surface area contributed by atoms with Crippen molar-refractivity contribution < 1.29 is 4.79 Å². The van der Waals surface area contributed by atoms with Gasteiger partial charge in [0.2, 0.25) is 5.91 Å². The molecule has 0 radical (unpaired) electrons. The molecule has 6 heteroatoms. The molecule has 0 aliphatic carbocycles. The highest BCUT2D eigenvalue weighted by Crippen LogP contribution is 2.20. The average molecular weight is 281 g/mol. The number of anilines is 1. The van der Waals surface area contributed by atoms with E-state index in [1.807, 2.05) is 5.38 Å². The first-order valence-corrected chi connectivity index (χ1v) is 7.26. The van der Waals surface area contributed by atoms with Gasteiger partial charge >= 0.3 is 0 Å². The molecule has 0 spiro atoms. The van der Waals surface area contributed by atoms with Gasteiger partial charge in [0.05, 0.1) is 18.7 Å². The number of thiophene rings is 1. The summed E-state index contributed by atoms with van der Waals surface area (Å²) in [4.78, 5) is 18.2. The Morgan fingerprint density at radius 2 is 2.28 bits per heavy atom. The SMILES string of the molecule is Cc1cc(CNC(=O)Cc2csc(N)n2)sc1C. The summed E-state index contributed by atoms with van der Waals surface area (Å²) in [7, 11) is 0. The number of aromatic nitrogens is 1. The highest BCUT2D eigenvalue weighted by molar-refractivity contribution is 7.13. The fourth-order valence-electron chi connectivity index (χ4n) is 1.55. The molecular formula is C12H15N3OS2. The molecular weight excluding hydrogens is 266 g/mol. The molecule has 0 fully saturated rings. The maximum Gasteiger partial charge on any atom is 0.226 e. The Hall–Kier alpha value is -1.40. The van der Waals surface area contributed by atoms with Gasteiger partial charge in [-0.3, -0.25) is 4.79 Å². The molecule has 0 bridgehead atoms. The van der Waals surface area contributed by atoms with Crippen molar-refractivity contribution in [1.29, 1.82) is 0 Å². The van der Waals surface area contributed by atoms with Crippen molar-refractivity contribution in [3.63, 3.8) is 0 Å². The Balaban J connectivity index is 1.85. The first kappa shape index (κ1) is 13.0. The predicted octanol–water partition coefficient (Wildman–Crippen LogP) is 2.26. The van der Waals surface area contributed by atoms with E-state index in [0.29, 0.717) is 11.7 Å². The molecule has 0 aliphatic rings. The summed E-state index contributed by atoms with van der Waals surface area (Å²) in [5, 5.41) is 5.21. The second-order valence-electron chi connectivity index (χ2n) is 4.08. The number of aryl methyl sites for hydroxylation is 2. The van der Waals surface area contributed by atoms with Crippen LogP contribution < -0.4 is 11.1 Å². The number of nitrogens with zero attached hydrogens (tertiary/aromatic N) is 1. The number of carbonyl (C=O) groups is 1. The molecule has 2 rings (SSSR count). The quantitative estimate of drug-likeness (QED) is 0.903. The van der Waals surface area contributed by atoms with Crippen LogP contribution in [0.5, 0.6) is 0 Å². The van der Waals surface area contributed by atoms with Crippen molar-refractivity contribution in [2.75, 3.05) is 5.73 Å². The van der Waals surface area contributed by atoms with E-state index in [1.165, 1.54) is 26.7 Å². The fraction of sp³-hybridized carbons (Fsp3) is 0.333. The zero-order valence-electron chi connectivity index (χ0n) is 10.3. The van der Waals surface area contributed by atoms with Gasteiger partial charge in [-0.15, -0.1) is 22.7 Å². The van der Waals surface area contributed by atoms with Crippen LogP contribution in [0.2, 0.25) is 0 Å². The monoisotopic (exact) mass is 281 g/mol. The van der Waals surface area contributed by atoms with Gasteiger partial charge in [0.15, 0.2) is 5.13 Å². The predicted molar refractivity (Wildman–Crippen MR) is 75.9 cm³/mol. The molecule has 0 saturated carbocycles. The van der Waals surface area contributed by atoms with E-state index in [-0.39, 0.29) is 12.3 Å². The molecule has 18 heavy (non-hydrogen) atoms. The number of hydrogen-bond donors (Lipinski definition) is 2. The number of nitrogen functional groups attached to an aromatic ring is 1. The van der Waals surface area contributed by atoms with E-state index >= 15 is 0 Å². The lowest BCUT2D eigenvalue weighted by atomic mass is 10.3. The van der Waals surface area contributed by atoms with Gasteiger partial charge in [-0.1, -0.05) is 0 Å². The van der Waals surface area contributed by atoms with Crippen molar-refractivity contribution in [1.82, 2.24) is 10.3 Å². The van der Waals surface area contributed by atoms with Crippen molar-refractivity contribution in [2.45, 2.75) is 26.8 Å². The average Bonchev–Trinajstić information content (AvgIpc) is 2.84. The fourth-order valence-corrected chi connectivity index (χ4v) is 3.11. The van der Waals surface area contributed by atoms with Crippen molar-refractivity contribution >= 4 is 33.7 Å². The molecule has 0 unspecified atom stereocenters. The lowest BCUT2D eigenvalue weighted by Gasteiger charge is -2.01. The molecule has 2 heterocycles. The minimum atomic E-state index is -0.0241. The largest absolute Gasteiger partial charge is 0.375 e. The maximum atomic E-state index is 11.7. The van der Waals surface area contributed by atoms with E-state index in [1.54, 1.807) is 11.3 Å². The molecule has 1 amide bonds. The minimum Gasteiger partial charge on any atom is -0.375 e. The number of rotatable bonds is 4. The molecule has 4 nitrogen and oxygen atoms in total. The molecule has 2 aromatic rings. The van der Waals surface area contributed by atoms with E-state index in [0.717, 1.165) is 5.69 Å². The first-order chi connectivity index (χ1) is 8.54. The lowest BCUT2D eigenvalue weighted by Crippen LogP contribution is -2.24. The Morgan fingerprint density at radius 1 is 1.50 bits per heavy atom. The van der Waals surface area contributed by atoms with E-state index in [4.69, 9.17) is 5.73 Å². The van der Waals surface area contributed by atoms with Gasteiger partial charge in [0, 0.05) is 15.1 Å². The third-order valence-corrected chi connectivity index (χ3v) is 4.46. The molecule has 2 aromatic heterocycles. The van der Waals surface area contributed by atoms with Crippen LogP contribution in [0.4, 0.5) is 5.13 Å². The summed E-state index contributed by atoms with van der Waals surface area (Å²) in [6.45, 7) is 4.75. The Morgan fingerprint density at radius 3 is 2.83 bits per heavy atom. The highest BCUT2D eigenvalue weighted by Gasteiger charge is 2.07. The van der Waals surface area contributed by atoms with Crippen molar-refractivity contribution in [2.24, 2.45) is 0 Å². The molecule has 0 atom stereocenters. The van der Waals surface area contributed by atoms with Crippen molar-refractivity contribution in [3.8, 4) is 0 Å². The number of hydrogen-bond acceptors (Lipinski definition) is 5. The van der Waals surface area contributed by atoms with E-state index in [2.05, 4.69) is 30.2 Å². The Labute approximate surface area is 114 Å². The summed E-state index contributed by atoms with van der Waals surface area (Å²) in [6.07, 6.45) is 0.289. The zero-order valence-corrected chi connectivity index (χ0v) is 12.0. The summed E-state index contributed by atoms with van der Waals surface area (Å²) in [5.74, 6) is -0.0241. The van der Waals surface area contributed by atoms with Crippen LogP contribution >= 0.6 is 22.7 Å². The van der Waals surface area contributed by atoms with Crippen LogP contribution in [0.1, 0.15) is 21.0 Å². The summed E-state index contributed by atoms with van der Waals surface area (Å²) in [6, 6.07) is 2.11. The Kier molecular flexibility index (Phi) is 3.98. The van der Waals surface area contributed by atoms with Gasteiger partial charge in [-0.05, 0) is 25.5 Å². The number of nitrogens with one attached hydrogen (secondary N) is 1. The summed E-state index contributed by atoms with van der Waals surface area (Å²) >= 11 is 3.07. The summed E-state index contributed by atoms with van der Waals surface area (Å²) in [5.41, 5.74) is 7.52. The van der Waals surface area contributed by atoms with Gasteiger partial charge in [0.1, 0.15) is 0 Å². The molecule has 96 valence electrons. The number of carbonyl (C=O) groups excluding carboxylic acids is 1. The molecule has 0 saturated heterocycles. The number of thiazole rings is 1. The number of amides is 1. The second-order valence-corrected chi connectivity index (χ2v) is 6.31. The lowest BCUT2D eigenvalue weighted by molar-refractivity contribution is -0.120. The normalized spacial score (nSPS) is 10.6. The van der Waals surface area contributed by atoms with Crippen LogP contribution in [0.3, 0.4) is 0 Å². The van der Waals surface area contributed by atoms with Gasteiger partial charge in [-0.25, -0.2) is 4.98 Å². The zero-order chi connectivity index (χ0) is 13.1. The molecule has 3 N–H and O–H groups in total. The van der Waals surface area contributed by atoms with Crippen LogP contribution in [-0.4, -0.2) is 10.9 Å². The third-order valence-electron chi connectivity index (χ3n) is 2.59. The van der Waals surface area contributed by atoms with E-state index in [9.17, 15) is 4.79 Å². The standard InChI is InChI=1S/C12H15N3OS2/c1-7-3-10(18-8(7)2)5-14-11(16)4-9-6-17-12(13)15-9/h3,6H,4-5H2,1-2H3,(H2,13,15)(H,14,16). The van der Waals surface area contributed by atoms with Gasteiger partial charge < -0.3 is 11.1 Å².